The van der Waals surface area contributed by atoms with E-state index in [9.17, 15) is 4.79 Å². The van der Waals surface area contributed by atoms with Crippen LogP contribution in [0.5, 0.6) is 5.75 Å². The van der Waals surface area contributed by atoms with Crippen molar-refractivity contribution in [1.82, 2.24) is 15.1 Å². The summed E-state index contributed by atoms with van der Waals surface area (Å²) in [5, 5.41) is 7.00. The molecule has 1 amide bonds. The first kappa shape index (κ1) is 13.9. The molecular weight excluding hydrogens is 256 g/mol. The molecule has 0 aliphatic carbocycles. The van der Waals surface area contributed by atoms with E-state index in [1.54, 1.807) is 16.8 Å². The Hall–Kier alpha value is -2.50. The van der Waals surface area contributed by atoms with E-state index in [1.165, 1.54) is 0 Å². The molecule has 1 aromatic heterocycles. The maximum atomic E-state index is 11.7. The average molecular weight is 274 g/mol. The van der Waals surface area contributed by atoms with Gasteiger partial charge in [-0.15, -0.1) is 0 Å². The van der Waals surface area contributed by atoms with Crippen LogP contribution in [0, 0.1) is 6.92 Å². The number of nitrogen functional groups attached to an aromatic ring is 1. The van der Waals surface area contributed by atoms with Crippen LogP contribution < -0.4 is 15.8 Å². The van der Waals surface area contributed by atoms with Gasteiger partial charge in [-0.3, -0.25) is 9.48 Å². The molecule has 106 valence electrons. The fourth-order valence-electron chi connectivity index (χ4n) is 1.82. The average Bonchev–Trinajstić information content (AvgIpc) is 2.74. The summed E-state index contributed by atoms with van der Waals surface area (Å²) in [6, 6.07) is 7.08. The molecule has 6 nitrogen and oxygen atoms in total. The molecule has 0 bridgehead atoms. The zero-order valence-corrected chi connectivity index (χ0v) is 11.6. The zero-order chi connectivity index (χ0) is 14.5. The number of nitrogens with zero attached hydrogens (tertiary/aromatic N) is 2. The predicted molar refractivity (Wildman–Crippen MR) is 76.1 cm³/mol. The molecule has 6 heteroatoms. The number of carbonyl (C=O) groups excluding carboxylic acids is 1. The van der Waals surface area contributed by atoms with Crippen LogP contribution >= 0.6 is 0 Å². The third-order valence-corrected chi connectivity index (χ3v) is 2.87. The van der Waals surface area contributed by atoms with E-state index in [1.807, 2.05) is 32.3 Å². The number of anilines is 1. The zero-order valence-electron chi connectivity index (χ0n) is 11.6. The van der Waals surface area contributed by atoms with Gasteiger partial charge < -0.3 is 15.8 Å². The lowest BCUT2D eigenvalue weighted by molar-refractivity contribution is -0.123. The Labute approximate surface area is 117 Å². The lowest BCUT2D eigenvalue weighted by Crippen LogP contribution is -2.28. The molecule has 0 atom stereocenters. The number of hydrogen-bond acceptors (Lipinski definition) is 4. The third kappa shape index (κ3) is 3.50. The molecule has 0 spiro atoms. The van der Waals surface area contributed by atoms with Crippen LogP contribution in [0.4, 0.5) is 5.69 Å². The first-order valence-corrected chi connectivity index (χ1v) is 6.29. The second-order valence-electron chi connectivity index (χ2n) is 4.52. The quantitative estimate of drug-likeness (QED) is 0.797. The van der Waals surface area contributed by atoms with Gasteiger partial charge in [-0.2, -0.15) is 5.10 Å². The van der Waals surface area contributed by atoms with Crippen molar-refractivity contribution in [3.05, 3.63) is 41.7 Å². The van der Waals surface area contributed by atoms with Gasteiger partial charge in [-0.1, -0.05) is 12.1 Å². The molecular formula is C14H18N4O2. The van der Waals surface area contributed by atoms with Crippen molar-refractivity contribution in [3.8, 4) is 5.75 Å². The second-order valence-corrected chi connectivity index (χ2v) is 4.52. The number of carbonyl (C=O) groups is 1. The molecule has 1 heterocycles. The van der Waals surface area contributed by atoms with E-state index in [-0.39, 0.29) is 12.5 Å². The van der Waals surface area contributed by atoms with Gasteiger partial charge in [-0.25, -0.2) is 0 Å². The summed E-state index contributed by atoms with van der Waals surface area (Å²) >= 11 is 0. The summed E-state index contributed by atoms with van der Waals surface area (Å²) in [7, 11) is 1.85. The summed E-state index contributed by atoms with van der Waals surface area (Å²) in [5.74, 6) is 0.316. The van der Waals surface area contributed by atoms with Crippen LogP contribution in [0.3, 0.4) is 0 Å². The summed E-state index contributed by atoms with van der Waals surface area (Å²) in [4.78, 5) is 11.7. The molecule has 0 saturated heterocycles. The summed E-state index contributed by atoms with van der Waals surface area (Å²) in [6.07, 6.45) is 1.88. The highest BCUT2D eigenvalue weighted by molar-refractivity contribution is 5.77. The Kier molecular flexibility index (Phi) is 4.24. The maximum absolute atomic E-state index is 11.7. The number of aromatic nitrogens is 2. The second kappa shape index (κ2) is 6.10. The number of nitrogens with two attached hydrogens (primary N) is 1. The summed E-state index contributed by atoms with van der Waals surface area (Å²) < 4.78 is 7.08. The SMILES string of the molecule is Cc1nn(C)cc1CNC(=O)COc1ccccc1N. The highest BCUT2D eigenvalue weighted by Crippen LogP contribution is 2.19. The van der Waals surface area contributed by atoms with Gasteiger partial charge in [0.25, 0.3) is 5.91 Å². The van der Waals surface area contributed by atoms with E-state index in [4.69, 9.17) is 10.5 Å². The van der Waals surface area contributed by atoms with Crippen LogP contribution in [0.15, 0.2) is 30.5 Å². The summed E-state index contributed by atoms with van der Waals surface area (Å²) in [6.45, 7) is 2.28. The molecule has 20 heavy (non-hydrogen) atoms. The Morgan fingerprint density at radius 3 is 2.85 bits per heavy atom. The minimum Gasteiger partial charge on any atom is -0.482 e. The van der Waals surface area contributed by atoms with Crippen LogP contribution in [-0.2, 0) is 18.4 Å². The largest absolute Gasteiger partial charge is 0.482 e. The lowest BCUT2D eigenvalue weighted by atomic mass is 10.2. The molecule has 3 N–H and O–H groups in total. The standard InChI is InChI=1S/C14H18N4O2/c1-10-11(8-18(2)17-10)7-16-14(19)9-20-13-6-4-3-5-12(13)15/h3-6,8H,7,9,15H2,1-2H3,(H,16,19). The minimum atomic E-state index is -0.198. The number of ether oxygens (including phenoxy) is 1. The van der Waals surface area contributed by atoms with Crippen molar-refractivity contribution >= 4 is 11.6 Å². The monoisotopic (exact) mass is 274 g/mol. The van der Waals surface area contributed by atoms with Gasteiger partial charge in [0.1, 0.15) is 5.75 Å². The molecule has 2 aromatic rings. The number of benzene rings is 1. The van der Waals surface area contributed by atoms with Gasteiger partial charge in [-0.05, 0) is 19.1 Å². The Morgan fingerprint density at radius 2 is 2.20 bits per heavy atom. The molecule has 2 rings (SSSR count). The van der Waals surface area contributed by atoms with E-state index in [0.717, 1.165) is 11.3 Å². The van der Waals surface area contributed by atoms with E-state index in [2.05, 4.69) is 10.4 Å². The minimum absolute atomic E-state index is 0.0620. The first-order valence-electron chi connectivity index (χ1n) is 6.29. The number of aryl methyl sites for hydroxylation is 2. The van der Waals surface area contributed by atoms with Crippen molar-refractivity contribution in [1.29, 1.82) is 0 Å². The fourth-order valence-corrected chi connectivity index (χ4v) is 1.82. The van der Waals surface area contributed by atoms with Crippen molar-refractivity contribution in [2.75, 3.05) is 12.3 Å². The normalized spacial score (nSPS) is 10.3. The van der Waals surface area contributed by atoms with Gasteiger partial charge in [0.05, 0.1) is 11.4 Å². The molecule has 0 radical (unpaired) electrons. The molecule has 0 fully saturated rings. The Bertz CT molecular complexity index is 607. The lowest BCUT2D eigenvalue weighted by Gasteiger charge is -2.08. The third-order valence-electron chi connectivity index (χ3n) is 2.87. The smallest absolute Gasteiger partial charge is 0.258 e. The van der Waals surface area contributed by atoms with Crippen LogP contribution in [-0.4, -0.2) is 22.3 Å². The number of amides is 1. The van der Waals surface area contributed by atoms with Crippen LogP contribution in [0.25, 0.3) is 0 Å². The fraction of sp³-hybridized carbons (Fsp3) is 0.286. The summed E-state index contributed by atoms with van der Waals surface area (Å²) in [5.41, 5.74) is 8.13. The van der Waals surface area contributed by atoms with Crippen molar-refractivity contribution in [3.63, 3.8) is 0 Å². The van der Waals surface area contributed by atoms with E-state index < -0.39 is 0 Å². The topological polar surface area (TPSA) is 82.2 Å². The Morgan fingerprint density at radius 1 is 1.45 bits per heavy atom. The number of hydrogen-bond donors (Lipinski definition) is 2. The highest BCUT2D eigenvalue weighted by Gasteiger charge is 2.07. The number of rotatable bonds is 5. The number of nitrogens with one attached hydrogen (secondary N) is 1. The molecule has 1 aromatic carbocycles. The van der Waals surface area contributed by atoms with E-state index >= 15 is 0 Å². The van der Waals surface area contributed by atoms with Gasteiger partial charge >= 0.3 is 0 Å². The maximum Gasteiger partial charge on any atom is 0.258 e. The van der Waals surface area contributed by atoms with Crippen molar-refractivity contribution < 1.29 is 9.53 Å². The van der Waals surface area contributed by atoms with Crippen molar-refractivity contribution in [2.24, 2.45) is 7.05 Å². The van der Waals surface area contributed by atoms with Crippen LogP contribution in [0.2, 0.25) is 0 Å². The predicted octanol–water partition coefficient (Wildman–Crippen LogP) is 1.01. The van der Waals surface area contributed by atoms with Crippen molar-refractivity contribution in [2.45, 2.75) is 13.5 Å². The number of para-hydroxylation sites is 2. The van der Waals surface area contributed by atoms with Gasteiger partial charge in [0, 0.05) is 25.4 Å². The highest BCUT2D eigenvalue weighted by atomic mass is 16.5. The molecule has 0 aliphatic rings. The Balaban J connectivity index is 1.82. The first-order chi connectivity index (χ1) is 9.56. The molecule has 0 aliphatic heterocycles. The molecule has 0 unspecified atom stereocenters. The van der Waals surface area contributed by atoms with Gasteiger partial charge in [0.2, 0.25) is 0 Å². The molecule has 0 saturated carbocycles. The van der Waals surface area contributed by atoms with E-state index in [0.29, 0.717) is 18.0 Å². The van der Waals surface area contributed by atoms with Crippen LogP contribution in [0.1, 0.15) is 11.3 Å². The van der Waals surface area contributed by atoms with Gasteiger partial charge in [0.15, 0.2) is 6.61 Å².